The summed E-state index contributed by atoms with van der Waals surface area (Å²) in [6.45, 7) is 4.92. The second-order valence-corrected chi connectivity index (χ2v) is 15.2. The van der Waals surface area contributed by atoms with Crippen molar-refractivity contribution < 1.29 is 0 Å². The summed E-state index contributed by atoms with van der Waals surface area (Å²) in [4.78, 5) is 14.7. The average Bonchev–Trinajstić information content (AvgIpc) is 3.23. The molecule has 7 aromatic rings. The van der Waals surface area contributed by atoms with Gasteiger partial charge >= 0.3 is 0 Å². The summed E-state index contributed by atoms with van der Waals surface area (Å²) in [6, 6.07) is 38.9. The molecule has 0 spiro atoms. The van der Waals surface area contributed by atoms with Crippen molar-refractivity contribution in [1.29, 1.82) is 0 Å². The van der Waals surface area contributed by atoms with E-state index < -0.39 is 8.07 Å². The van der Waals surface area contributed by atoms with Gasteiger partial charge in [-0.25, -0.2) is 9.97 Å². The number of rotatable bonds is 2. The lowest BCUT2D eigenvalue weighted by atomic mass is 10.0. The van der Waals surface area contributed by atoms with E-state index in [1.807, 2.05) is 12.3 Å². The van der Waals surface area contributed by atoms with E-state index in [-0.39, 0.29) is 0 Å². The molecule has 0 atom stereocenters. The number of aromatic nitrogens is 3. The number of benzene rings is 4. The van der Waals surface area contributed by atoms with E-state index in [1.54, 1.807) is 0 Å². The van der Waals surface area contributed by atoms with Crippen molar-refractivity contribution in [2.24, 2.45) is 0 Å². The van der Waals surface area contributed by atoms with E-state index in [0.29, 0.717) is 0 Å². The van der Waals surface area contributed by atoms with E-state index in [2.05, 4.69) is 121 Å². The third-order valence-electron chi connectivity index (χ3n) is 8.30. The summed E-state index contributed by atoms with van der Waals surface area (Å²) in [6.07, 6.45) is 1.83. The number of hydrogen-bond acceptors (Lipinski definition) is 3. The third kappa shape index (κ3) is 3.32. The Morgan fingerprint density at radius 3 is 2.05 bits per heavy atom. The van der Waals surface area contributed by atoms with Crippen LogP contribution in [-0.2, 0) is 0 Å². The van der Waals surface area contributed by atoms with Crippen LogP contribution in [0.1, 0.15) is 0 Å². The molecule has 4 aromatic carbocycles. The summed E-state index contributed by atoms with van der Waals surface area (Å²) in [5.74, 6) is 0. The van der Waals surface area contributed by atoms with E-state index in [1.165, 1.54) is 26.9 Å². The van der Waals surface area contributed by atoms with Gasteiger partial charge in [0, 0.05) is 33.5 Å². The highest BCUT2D eigenvalue weighted by atomic mass is 28.3. The zero-order chi connectivity index (χ0) is 26.1. The summed E-state index contributed by atoms with van der Waals surface area (Å²) < 4.78 is 0. The first-order chi connectivity index (χ1) is 19.1. The van der Waals surface area contributed by atoms with E-state index >= 15 is 0 Å². The zero-order valence-electron chi connectivity index (χ0n) is 21.8. The zero-order valence-corrected chi connectivity index (χ0v) is 22.8. The van der Waals surface area contributed by atoms with Crippen LogP contribution < -0.4 is 10.4 Å². The minimum absolute atomic E-state index is 0.937. The molecule has 1 aliphatic heterocycles. The largest absolute Gasteiger partial charge is 0.254 e. The summed E-state index contributed by atoms with van der Waals surface area (Å²) in [7, 11) is -1.78. The number of hydrogen-bond donors (Lipinski definition) is 0. The van der Waals surface area contributed by atoms with E-state index in [0.717, 1.165) is 49.8 Å². The van der Waals surface area contributed by atoms with Crippen LogP contribution in [0.5, 0.6) is 0 Å². The second kappa shape index (κ2) is 8.16. The van der Waals surface area contributed by atoms with Crippen molar-refractivity contribution >= 4 is 51.2 Å². The Balaban J connectivity index is 1.18. The molecule has 0 N–H and O–H groups in total. The molecular formula is C35H25N3Si. The van der Waals surface area contributed by atoms with Crippen LogP contribution >= 0.6 is 0 Å². The maximum Gasteiger partial charge on any atom is 0.114 e. The number of pyridine rings is 3. The highest BCUT2D eigenvalue weighted by molar-refractivity contribution is 7.05. The molecule has 1 aliphatic rings. The van der Waals surface area contributed by atoms with Crippen LogP contribution in [0.3, 0.4) is 0 Å². The molecule has 0 aliphatic carbocycles. The Labute approximate surface area is 227 Å². The molecule has 4 heterocycles. The fraction of sp³-hybridized carbons (Fsp3) is 0.0571. The van der Waals surface area contributed by atoms with Gasteiger partial charge in [-0.05, 0) is 45.8 Å². The quantitative estimate of drug-likeness (QED) is 0.177. The first-order valence-electron chi connectivity index (χ1n) is 13.4. The van der Waals surface area contributed by atoms with Gasteiger partial charge in [0.1, 0.15) is 8.07 Å². The van der Waals surface area contributed by atoms with Crippen LogP contribution in [0, 0.1) is 0 Å². The lowest BCUT2D eigenvalue weighted by Crippen LogP contribution is -2.49. The average molecular weight is 516 g/mol. The van der Waals surface area contributed by atoms with Gasteiger partial charge in [0.2, 0.25) is 0 Å². The van der Waals surface area contributed by atoms with Crippen LogP contribution in [0.15, 0.2) is 115 Å². The Bertz CT molecular complexity index is 2100. The number of fused-ring (bicyclic) bond motifs is 8. The minimum atomic E-state index is -1.78. The van der Waals surface area contributed by atoms with Gasteiger partial charge in [0.05, 0.1) is 27.9 Å². The van der Waals surface area contributed by atoms with Crippen LogP contribution in [0.4, 0.5) is 0 Å². The molecular weight excluding hydrogens is 490 g/mol. The predicted octanol–water partition coefficient (Wildman–Crippen LogP) is 7.47. The molecule has 0 fully saturated rings. The minimum Gasteiger partial charge on any atom is -0.254 e. The molecule has 0 bridgehead atoms. The molecule has 8 rings (SSSR count). The van der Waals surface area contributed by atoms with Crippen LogP contribution in [0.25, 0.3) is 66.4 Å². The summed E-state index contributed by atoms with van der Waals surface area (Å²) >= 11 is 0. The van der Waals surface area contributed by atoms with Gasteiger partial charge in [-0.1, -0.05) is 98.0 Å². The van der Waals surface area contributed by atoms with Crippen molar-refractivity contribution in [3.63, 3.8) is 0 Å². The summed E-state index contributed by atoms with van der Waals surface area (Å²) in [5, 5.41) is 6.54. The number of nitrogens with zero attached hydrogens (tertiary/aromatic N) is 3. The van der Waals surface area contributed by atoms with Gasteiger partial charge < -0.3 is 0 Å². The van der Waals surface area contributed by atoms with Gasteiger partial charge in [0.25, 0.3) is 0 Å². The maximum atomic E-state index is 5.13. The van der Waals surface area contributed by atoms with Gasteiger partial charge in [0.15, 0.2) is 0 Å². The maximum absolute atomic E-state index is 5.13. The van der Waals surface area contributed by atoms with Gasteiger partial charge in [-0.3, -0.25) is 4.98 Å². The molecule has 0 saturated heterocycles. The van der Waals surface area contributed by atoms with Crippen molar-refractivity contribution in [3.8, 4) is 33.6 Å². The molecule has 3 aromatic heterocycles. The first-order valence-corrected chi connectivity index (χ1v) is 16.4. The lowest BCUT2D eigenvalue weighted by Gasteiger charge is -2.20. The normalized spacial score (nSPS) is 13.6. The highest BCUT2D eigenvalue weighted by Gasteiger charge is 2.38. The van der Waals surface area contributed by atoms with Crippen molar-refractivity contribution in [2.45, 2.75) is 13.1 Å². The molecule has 0 radical (unpaired) electrons. The van der Waals surface area contributed by atoms with Gasteiger partial charge in [-0.15, -0.1) is 0 Å². The predicted molar refractivity (Wildman–Crippen MR) is 165 cm³/mol. The van der Waals surface area contributed by atoms with Crippen molar-refractivity contribution in [3.05, 3.63) is 115 Å². The first kappa shape index (κ1) is 22.3. The molecule has 184 valence electrons. The Kier molecular flexibility index (Phi) is 4.67. The Morgan fingerprint density at radius 1 is 0.538 bits per heavy atom. The smallest absolute Gasteiger partial charge is 0.114 e. The fourth-order valence-electron chi connectivity index (χ4n) is 6.36. The van der Waals surface area contributed by atoms with Crippen LogP contribution in [-0.4, -0.2) is 23.0 Å². The molecule has 4 heteroatoms. The molecule has 0 amide bonds. The van der Waals surface area contributed by atoms with E-state index in [9.17, 15) is 0 Å². The Hall–Kier alpha value is -4.67. The Morgan fingerprint density at radius 2 is 1.23 bits per heavy atom. The topological polar surface area (TPSA) is 38.7 Å². The SMILES string of the molecule is C[Si]1(C)c2ccccc2-c2ccc3nc(-c4ccc(-c5ccc6ccc7cccnc7c6n5)cc4)ccc3c21. The molecule has 0 saturated carbocycles. The van der Waals surface area contributed by atoms with Gasteiger partial charge in [-0.2, -0.15) is 0 Å². The third-order valence-corrected chi connectivity index (χ3v) is 11.9. The second-order valence-electron chi connectivity index (χ2n) is 10.9. The van der Waals surface area contributed by atoms with E-state index in [4.69, 9.17) is 9.97 Å². The standard InChI is InChI=1S/C35H25N3Si/c1-39(2)32-8-4-3-7-26(32)27-16-20-31-28(35(27)39)17-19-29(37-31)22-9-11-23(12-10-22)30-18-15-25-14-13-24-6-5-21-36-33(24)34(25)38-30/h3-21H,1-2H3. The molecule has 39 heavy (non-hydrogen) atoms. The lowest BCUT2D eigenvalue weighted by molar-refractivity contribution is 1.36. The van der Waals surface area contributed by atoms with Crippen LogP contribution in [0.2, 0.25) is 13.1 Å². The molecule has 3 nitrogen and oxygen atoms in total. The van der Waals surface area contributed by atoms with Crippen molar-refractivity contribution in [1.82, 2.24) is 15.0 Å². The monoisotopic (exact) mass is 515 g/mol. The summed E-state index contributed by atoms with van der Waals surface area (Å²) in [5.41, 5.74) is 9.86. The fourth-order valence-corrected chi connectivity index (χ4v) is 9.81. The molecule has 0 unspecified atom stereocenters. The van der Waals surface area contributed by atoms with Crippen molar-refractivity contribution in [2.75, 3.05) is 0 Å². The highest BCUT2D eigenvalue weighted by Crippen LogP contribution is 2.33.